The molecule has 0 saturated heterocycles. The predicted octanol–water partition coefficient (Wildman–Crippen LogP) is 3.48. The van der Waals surface area contributed by atoms with Crippen molar-refractivity contribution in [1.29, 1.82) is 0 Å². The van der Waals surface area contributed by atoms with Crippen LogP contribution in [-0.4, -0.2) is 54.5 Å². The summed E-state index contributed by atoms with van der Waals surface area (Å²) >= 11 is 6.03. The molecule has 12 heteroatoms. The summed E-state index contributed by atoms with van der Waals surface area (Å²) in [4.78, 5) is 31.6. The van der Waals surface area contributed by atoms with Crippen LogP contribution >= 0.6 is 11.6 Å². The number of carbonyl (C=O) groups excluding carboxylic acids is 1. The quantitative estimate of drug-likeness (QED) is 0.151. The number of hydrogen-bond donors (Lipinski definition) is 5. The molecule has 0 aliphatic carbocycles. The zero-order chi connectivity index (χ0) is 28.5. The molecule has 1 amide bonds. The Labute approximate surface area is 236 Å². The predicted molar refractivity (Wildman–Crippen MR) is 153 cm³/mol. The van der Waals surface area contributed by atoms with E-state index >= 15 is 0 Å². The lowest BCUT2D eigenvalue weighted by atomic mass is 9.98. The summed E-state index contributed by atoms with van der Waals surface area (Å²) in [6.07, 6.45) is 3.83. The lowest BCUT2D eigenvalue weighted by molar-refractivity contribution is -0.138. The Bertz CT molecular complexity index is 1560. The van der Waals surface area contributed by atoms with Crippen LogP contribution in [0.2, 0.25) is 5.02 Å². The third kappa shape index (κ3) is 7.76. The molecule has 1 heterocycles. The summed E-state index contributed by atoms with van der Waals surface area (Å²) in [7, 11) is -4.21. The second-order valence-electron chi connectivity index (χ2n) is 8.94. The number of imidazole rings is 1. The molecule has 4 rings (SSSR count). The number of aliphatic carboxylic acids is 1. The number of nitrogens with zero attached hydrogens (tertiary/aromatic N) is 1. The van der Waals surface area contributed by atoms with Gasteiger partial charge >= 0.3 is 5.97 Å². The monoisotopic (exact) mass is 581 g/mol. The van der Waals surface area contributed by atoms with Crippen molar-refractivity contribution in [3.05, 3.63) is 102 Å². The molecule has 1 unspecified atom stereocenters. The number of aromatic nitrogens is 2. The standard InChI is InChI=1S/C28H28ClN5O5S/c29-23-8-4-5-9-26(23)40(38,39)34-25(28(36)37)15-19-10-11-22(20-6-2-1-3-7-20)24(14-19)33-27(35)17-30-13-12-21-16-31-18-32-21/h1-11,14,16,18,25,30,34H,12-13,15,17H2,(H,31,32)(H,33,35)(H,36,37). The number of aromatic amines is 1. The third-order valence-electron chi connectivity index (χ3n) is 6.02. The largest absolute Gasteiger partial charge is 0.480 e. The smallest absolute Gasteiger partial charge is 0.322 e. The van der Waals surface area contributed by atoms with Gasteiger partial charge in [0.25, 0.3) is 0 Å². The summed E-state index contributed by atoms with van der Waals surface area (Å²) in [5, 5.41) is 15.8. The lowest BCUT2D eigenvalue weighted by Crippen LogP contribution is -2.42. The van der Waals surface area contributed by atoms with E-state index in [1.165, 1.54) is 18.2 Å². The summed E-state index contributed by atoms with van der Waals surface area (Å²) in [5.41, 5.74) is 3.52. The minimum absolute atomic E-state index is 0.0190. The second kappa shape index (κ2) is 13.4. The maximum Gasteiger partial charge on any atom is 0.322 e. The molecule has 0 aliphatic heterocycles. The Balaban J connectivity index is 1.52. The van der Waals surface area contributed by atoms with Gasteiger partial charge in [0, 0.05) is 36.1 Å². The van der Waals surface area contributed by atoms with Crippen LogP contribution < -0.4 is 15.4 Å². The van der Waals surface area contributed by atoms with Gasteiger partial charge in [0.2, 0.25) is 15.9 Å². The van der Waals surface area contributed by atoms with Gasteiger partial charge in [-0.05, 0) is 35.7 Å². The number of sulfonamides is 1. The highest BCUT2D eigenvalue weighted by Gasteiger charge is 2.27. The van der Waals surface area contributed by atoms with Crippen LogP contribution in [0, 0.1) is 0 Å². The number of rotatable bonds is 13. The van der Waals surface area contributed by atoms with Crippen molar-refractivity contribution in [1.82, 2.24) is 20.0 Å². The highest BCUT2D eigenvalue weighted by molar-refractivity contribution is 7.89. The molecule has 3 aromatic carbocycles. The van der Waals surface area contributed by atoms with E-state index in [1.54, 1.807) is 36.8 Å². The van der Waals surface area contributed by atoms with E-state index in [1.807, 2.05) is 30.3 Å². The zero-order valence-corrected chi connectivity index (χ0v) is 22.9. The fraction of sp³-hybridized carbons (Fsp3) is 0.179. The SMILES string of the molecule is O=C(CNCCc1cnc[nH]1)Nc1cc(CC(NS(=O)(=O)c2ccccc2Cl)C(=O)O)ccc1-c1ccccc1. The van der Waals surface area contributed by atoms with Gasteiger partial charge in [0.15, 0.2) is 0 Å². The van der Waals surface area contributed by atoms with Crippen molar-refractivity contribution in [3.8, 4) is 11.1 Å². The molecule has 40 heavy (non-hydrogen) atoms. The number of halogens is 1. The van der Waals surface area contributed by atoms with Gasteiger partial charge in [-0.15, -0.1) is 0 Å². The molecule has 10 nitrogen and oxygen atoms in total. The molecular formula is C28H28ClN5O5S. The van der Waals surface area contributed by atoms with Gasteiger partial charge in [-0.1, -0.05) is 66.2 Å². The average molecular weight is 582 g/mol. The fourth-order valence-electron chi connectivity index (χ4n) is 4.06. The van der Waals surface area contributed by atoms with Crippen LogP contribution in [0.1, 0.15) is 11.3 Å². The summed E-state index contributed by atoms with van der Waals surface area (Å²) < 4.78 is 28.0. The van der Waals surface area contributed by atoms with E-state index in [0.29, 0.717) is 24.2 Å². The van der Waals surface area contributed by atoms with E-state index in [9.17, 15) is 23.1 Å². The van der Waals surface area contributed by atoms with E-state index in [-0.39, 0.29) is 28.8 Å². The third-order valence-corrected chi connectivity index (χ3v) is 7.99. The van der Waals surface area contributed by atoms with Crippen molar-refractivity contribution < 1.29 is 23.1 Å². The number of carbonyl (C=O) groups is 2. The van der Waals surface area contributed by atoms with Gasteiger partial charge in [0.1, 0.15) is 10.9 Å². The number of benzene rings is 3. The van der Waals surface area contributed by atoms with Crippen LogP contribution in [0.4, 0.5) is 5.69 Å². The molecule has 1 atom stereocenters. The summed E-state index contributed by atoms with van der Waals surface area (Å²) in [6, 6.07) is 18.9. The molecule has 0 aliphatic rings. The first kappa shape index (κ1) is 29.0. The second-order valence-corrected chi connectivity index (χ2v) is 11.0. The molecule has 5 N–H and O–H groups in total. The first-order valence-corrected chi connectivity index (χ1v) is 14.2. The van der Waals surface area contributed by atoms with Crippen molar-refractivity contribution >= 4 is 39.2 Å². The number of hydrogen-bond acceptors (Lipinski definition) is 6. The molecule has 0 radical (unpaired) electrons. The van der Waals surface area contributed by atoms with Gasteiger partial charge in [-0.25, -0.2) is 13.4 Å². The molecule has 0 spiro atoms. The van der Waals surface area contributed by atoms with Crippen molar-refractivity contribution in [3.63, 3.8) is 0 Å². The van der Waals surface area contributed by atoms with Gasteiger partial charge in [-0.3, -0.25) is 9.59 Å². The average Bonchev–Trinajstić information content (AvgIpc) is 3.45. The molecule has 1 aromatic heterocycles. The van der Waals surface area contributed by atoms with Crippen LogP contribution in [0.25, 0.3) is 11.1 Å². The molecular weight excluding hydrogens is 554 g/mol. The lowest BCUT2D eigenvalue weighted by Gasteiger charge is -2.18. The van der Waals surface area contributed by atoms with Crippen LogP contribution in [0.15, 0.2) is 90.2 Å². The minimum atomic E-state index is -4.21. The molecule has 4 aromatic rings. The van der Waals surface area contributed by atoms with Crippen molar-refractivity contribution in [2.24, 2.45) is 0 Å². The number of carboxylic acid groups (broad SMARTS) is 1. The van der Waals surface area contributed by atoms with Crippen molar-refractivity contribution in [2.45, 2.75) is 23.8 Å². The Morgan fingerprint density at radius 1 is 1.02 bits per heavy atom. The Morgan fingerprint density at radius 2 is 1.77 bits per heavy atom. The Kier molecular flexibility index (Phi) is 9.67. The molecule has 0 saturated carbocycles. The summed E-state index contributed by atoms with van der Waals surface area (Å²) in [6.45, 7) is 0.620. The number of nitrogens with one attached hydrogen (secondary N) is 4. The van der Waals surface area contributed by atoms with E-state index < -0.39 is 22.0 Å². The van der Waals surface area contributed by atoms with E-state index in [4.69, 9.17) is 11.6 Å². The van der Waals surface area contributed by atoms with Gasteiger partial charge in [0.05, 0.1) is 17.9 Å². The van der Waals surface area contributed by atoms with Crippen LogP contribution in [0.5, 0.6) is 0 Å². The highest BCUT2D eigenvalue weighted by atomic mass is 35.5. The van der Waals surface area contributed by atoms with Crippen molar-refractivity contribution in [2.75, 3.05) is 18.4 Å². The summed E-state index contributed by atoms with van der Waals surface area (Å²) in [5.74, 6) is -1.64. The number of anilines is 1. The first-order valence-electron chi connectivity index (χ1n) is 12.4. The van der Waals surface area contributed by atoms with Gasteiger partial charge in [-0.2, -0.15) is 4.72 Å². The Morgan fingerprint density at radius 3 is 2.48 bits per heavy atom. The maximum atomic E-state index is 12.9. The molecule has 0 fully saturated rings. The Hall–Kier alpha value is -4.03. The van der Waals surface area contributed by atoms with Gasteiger partial charge < -0.3 is 20.7 Å². The maximum absolute atomic E-state index is 12.9. The van der Waals surface area contributed by atoms with Crippen LogP contribution in [-0.2, 0) is 32.5 Å². The zero-order valence-electron chi connectivity index (χ0n) is 21.3. The highest BCUT2D eigenvalue weighted by Crippen LogP contribution is 2.30. The molecule has 208 valence electrons. The first-order chi connectivity index (χ1) is 19.2. The molecule has 0 bridgehead atoms. The fourth-order valence-corrected chi connectivity index (χ4v) is 5.77. The van der Waals surface area contributed by atoms with Crippen LogP contribution in [0.3, 0.4) is 0 Å². The number of amides is 1. The van der Waals surface area contributed by atoms with E-state index in [0.717, 1.165) is 16.8 Å². The van der Waals surface area contributed by atoms with E-state index in [2.05, 4.69) is 25.3 Å². The number of H-pyrrole nitrogens is 1. The minimum Gasteiger partial charge on any atom is -0.480 e. The topological polar surface area (TPSA) is 153 Å². The normalized spacial score (nSPS) is 12.1. The number of carboxylic acids is 1.